The molecule has 1 aliphatic heterocycles. The maximum atomic E-state index is 10.9. The SMILES string of the molecule is CCc1nc(C2CN(c3c(Cl)cc([N+](=O)[O-])cc3Cl)CCO2)n[nH]1. The van der Waals surface area contributed by atoms with Crippen LogP contribution in [0, 0.1) is 10.1 Å². The predicted molar refractivity (Wildman–Crippen MR) is 89.8 cm³/mol. The number of benzene rings is 1. The lowest BCUT2D eigenvalue weighted by atomic mass is 10.2. The van der Waals surface area contributed by atoms with Gasteiger partial charge >= 0.3 is 0 Å². The van der Waals surface area contributed by atoms with Crippen LogP contribution in [0.4, 0.5) is 11.4 Å². The van der Waals surface area contributed by atoms with Gasteiger partial charge in [0.05, 0.1) is 33.8 Å². The second kappa shape index (κ2) is 6.92. The number of nitrogens with zero attached hydrogens (tertiary/aromatic N) is 4. The Bertz CT molecular complexity index is 744. The highest BCUT2D eigenvalue weighted by Gasteiger charge is 2.28. The normalized spacial score (nSPS) is 18.0. The van der Waals surface area contributed by atoms with Crippen LogP contribution in [-0.4, -0.2) is 39.8 Å². The quantitative estimate of drug-likeness (QED) is 0.654. The molecule has 1 saturated heterocycles. The van der Waals surface area contributed by atoms with Gasteiger partial charge in [-0.1, -0.05) is 30.1 Å². The topological polar surface area (TPSA) is 97.2 Å². The number of hydrogen-bond donors (Lipinski definition) is 1. The predicted octanol–water partition coefficient (Wildman–Crippen LogP) is 3.16. The van der Waals surface area contributed by atoms with E-state index < -0.39 is 4.92 Å². The lowest BCUT2D eigenvalue weighted by molar-refractivity contribution is -0.384. The van der Waals surface area contributed by atoms with E-state index in [4.69, 9.17) is 27.9 Å². The van der Waals surface area contributed by atoms with Crippen LogP contribution in [0.1, 0.15) is 24.7 Å². The van der Waals surface area contributed by atoms with Gasteiger partial charge in [-0.25, -0.2) is 4.98 Å². The van der Waals surface area contributed by atoms with E-state index in [-0.39, 0.29) is 21.8 Å². The van der Waals surface area contributed by atoms with E-state index in [1.165, 1.54) is 12.1 Å². The Kier molecular flexibility index (Phi) is 4.88. The molecule has 10 heteroatoms. The zero-order valence-electron chi connectivity index (χ0n) is 12.8. The van der Waals surface area contributed by atoms with Crippen molar-refractivity contribution in [1.82, 2.24) is 15.2 Å². The van der Waals surface area contributed by atoms with Crippen molar-refractivity contribution in [3.63, 3.8) is 0 Å². The molecule has 8 nitrogen and oxygen atoms in total. The molecular formula is C14H15Cl2N5O3. The lowest BCUT2D eigenvalue weighted by Crippen LogP contribution is -2.39. The van der Waals surface area contributed by atoms with Crippen molar-refractivity contribution in [3.05, 3.63) is 43.9 Å². The first-order valence-corrected chi connectivity index (χ1v) is 8.16. The highest BCUT2D eigenvalue weighted by Crippen LogP contribution is 2.39. The molecule has 2 aromatic rings. The molecule has 3 rings (SSSR count). The van der Waals surface area contributed by atoms with Crippen LogP contribution in [0.25, 0.3) is 0 Å². The zero-order chi connectivity index (χ0) is 17.3. The lowest BCUT2D eigenvalue weighted by Gasteiger charge is -2.34. The van der Waals surface area contributed by atoms with Crippen molar-refractivity contribution in [2.45, 2.75) is 19.4 Å². The summed E-state index contributed by atoms with van der Waals surface area (Å²) in [5.41, 5.74) is 0.420. The van der Waals surface area contributed by atoms with Crippen LogP contribution in [-0.2, 0) is 11.2 Å². The number of non-ortho nitro benzene ring substituents is 1. The Morgan fingerprint density at radius 2 is 2.17 bits per heavy atom. The van der Waals surface area contributed by atoms with Gasteiger partial charge in [-0.05, 0) is 0 Å². The number of morpholine rings is 1. The van der Waals surface area contributed by atoms with E-state index in [0.29, 0.717) is 31.2 Å². The largest absolute Gasteiger partial charge is 0.366 e. The Morgan fingerprint density at radius 3 is 2.75 bits per heavy atom. The summed E-state index contributed by atoms with van der Waals surface area (Å²) < 4.78 is 5.73. The van der Waals surface area contributed by atoms with Crippen LogP contribution >= 0.6 is 23.2 Å². The molecule has 1 atom stereocenters. The zero-order valence-corrected chi connectivity index (χ0v) is 14.3. The highest BCUT2D eigenvalue weighted by molar-refractivity contribution is 6.39. The number of H-pyrrole nitrogens is 1. The number of nitro groups is 1. The summed E-state index contributed by atoms with van der Waals surface area (Å²) in [6.45, 7) is 3.45. The van der Waals surface area contributed by atoms with E-state index in [2.05, 4.69) is 15.2 Å². The fourth-order valence-electron chi connectivity index (χ4n) is 2.58. The first-order chi connectivity index (χ1) is 11.5. The molecule has 24 heavy (non-hydrogen) atoms. The molecule has 1 unspecified atom stereocenters. The number of rotatable bonds is 4. The molecular weight excluding hydrogens is 357 g/mol. The number of halogens is 2. The maximum Gasteiger partial charge on any atom is 0.272 e. The van der Waals surface area contributed by atoms with Gasteiger partial charge in [0.25, 0.3) is 5.69 Å². The number of nitro benzene ring substituents is 1. The van der Waals surface area contributed by atoms with Crippen LogP contribution in [0.2, 0.25) is 10.0 Å². The summed E-state index contributed by atoms with van der Waals surface area (Å²) in [6, 6.07) is 2.60. The number of anilines is 1. The molecule has 1 aromatic carbocycles. The van der Waals surface area contributed by atoms with E-state index in [1.807, 2.05) is 11.8 Å². The second-order valence-corrected chi connectivity index (χ2v) is 6.13. The van der Waals surface area contributed by atoms with Crippen molar-refractivity contribution >= 4 is 34.6 Å². The Labute approximate surface area is 147 Å². The van der Waals surface area contributed by atoms with Gasteiger partial charge in [0.2, 0.25) is 0 Å². The van der Waals surface area contributed by atoms with Gasteiger partial charge in [0, 0.05) is 25.1 Å². The fourth-order valence-corrected chi connectivity index (χ4v) is 3.30. The molecule has 0 aliphatic carbocycles. The number of aromatic amines is 1. The van der Waals surface area contributed by atoms with E-state index >= 15 is 0 Å². The van der Waals surface area contributed by atoms with E-state index in [9.17, 15) is 10.1 Å². The van der Waals surface area contributed by atoms with Crippen molar-refractivity contribution in [2.75, 3.05) is 24.6 Å². The Balaban J connectivity index is 1.86. The third-order valence-corrected chi connectivity index (χ3v) is 4.34. The molecule has 1 N–H and O–H groups in total. The first-order valence-electron chi connectivity index (χ1n) is 7.40. The average Bonchev–Trinajstić information content (AvgIpc) is 3.03. The minimum Gasteiger partial charge on any atom is -0.366 e. The van der Waals surface area contributed by atoms with Gasteiger partial charge in [0.15, 0.2) is 5.82 Å². The molecule has 0 bridgehead atoms. The van der Waals surface area contributed by atoms with Crippen LogP contribution in [0.5, 0.6) is 0 Å². The van der Waals surface area contributed by atoms with Crippen molar-refractivity contribution in [1.29, 1.82) is 0 Å². The fraction of sp³-hybridized carbons (Fsp3) is 0.429. The van der Waals surface area contributed by atoms with Crippen LogP contribution in [0.3, 0.4) is 0 Å². The summed E-state index contributed by atoms with van der Waals surface area (Å²) in [6.07, 6.45) is 0.432. The minimum absolute atomic E-state index is 0.139. The van der Waals surface area contributed by atoms with Crippen molar-refractivity contribution in [3.8, 4) is 0 Å². The summed E-state index contributed by atoms with van der Waals surface area (Å²) in [4.78, 5) is 16.7. The average molecular weight is 372 g/mol. The van der Waals surface area contributed by atoms with Crippen LogP contribution < -0.4 is 4.90 Å². The number of hydrogen-bond acceptors (Lipinski definition) is 6. The van der Waals surface area contributed by atoms with E-state index in [1.54, 1.807) is 0 Å². The molecule has 2 heterocycles. The summed E-state index contributed by atoms with van der Waals surface area (Å²) in [5.74, 6) is 1.36. The van der Waals surface area contributed by atoms with Gasteiger partial charge in [-0.15, -0.1) is 0 Å². The summed E-state index contributed by atoms with van der Waals surface area (Å²) in [5, 5.41) is 18.4. The molecule has 0 saturated carbocycles. The standard InChI is InChI=1S/C14H15Cl2N5O3/c1-2-12-17-14(19-18-12)11-7-20(3-4-24-11)13-9(15)5-8(21(22)23)6-10(13)16/h5-6,11H,2-4,7H2,1H3,(H,17,18,19). The van der Waals surface area contributed by atoms with Gasteiger partial charge in [0.1, 0.15) is 11.9 Å². The van der Waals surface area contributed by atoms with Crippen molar-refractivity contribution in [2.24, 2.45) is 0 Å². The number of aryl methyl sites for hydroxylation is 1. The molecule has 1 aromatic heterocycles. The second-order valence-electron chi connectivity index (χ2n) is 5.31. The first kappa shape index (κ1) is 16.9. The molecule has 128 valence electrons. The number of nitrogens with one attached hydrogen (secondary N) is 1. The van der Waals surface area contributed by atoms with Gasteiger partial charge in [-0.2, -0.15) is 5.10 Å². The molecule has 0 radical (unpaired) electrons. The molecule has 1 fully saturated rings. The van der Waals surface area contributed by atoms with Gasteiger partial charge in [-0.3, -0.25) is 15.2 Å². The smallest absolute Gasteiger partial charge is 0.272 e. The summed E-state index contributed by atoms with van der Waals surface area (Å²) >= 11 is 12.4. The summed E-state index contributed by atoms with van der Waals surface area (Å²) in [7, 11) is 0. The number of aromatic nitrogens is 3. The highest BCUT2D eigenvalue weighted by atomic mass is 35.5. The van der Waals surface area contributed by atoms with E-state index in [0.717, 1.165) is 12.2 Å². The molecule has 0 amide bonds. The molecule has 1 aliphatic rings. The maximum absolute atomic E-state index is 10.9. The van der Waals surface area contributed by atoms with Gasteiger partial charge < -0.3 is 9.64 Å². The Morgan fingerprint density at radius 1 is 1.46 bits per heavy atom. The minimum atomic E-state index is -0.524. The van der Waals surface area contributed by atoms with Crippen molar-refractivity contribution < 1.29 is 9.66 Å². The third kappa shape index (κ3) is 3.31. The van der Waals surface area contributed by atoms with Crippen LogP contribution in [0.15, 0.2) is 12.1 Å². The Hall–Kier alpha value is -1.90. The number of ether oxygens (including phenoxy) is 1. The monoisotopic (exact) mass is 371 g/mol. The third-order valence-electron chi connectivity index (χ3n) is 3.77. The molecule has 0 spiro atoms.